The van der Waals surface area contributed by atoms with Gasteiger partial charge in [0.05, 0.1) is 26.4 Å². The van der Waals surface area contributed by atoms with E-state index in [4.69, 9.17) is 9.47 Å². The third kappa shape index (κ3) is 7.49. The number of benzene rings is 1. The Morgan fingerprint density at radius 2 is 1.85 bits per heavy atom. The maximum absolute atomic E-state index is 12.7. The molecule has 2 aliphatic heterocycles. The summed E-state index contributed by atoms with van der Waals surface area (Å²) in [7, 11) is 0. The number of aromatic nitrogens is 3. The molecule has 2 fully saturated rings. The summed E-state index contributed by atoms with van der Waals surface area (Å²) in [6.45, 7) is 10.3. The quantitative estimate of drug-likeness (QED) is 0.330. The van der Waals surface area contributed by atoms with Crippen molar-refractivity contribution in [2.45, 2.75) is 32.7 Å². The molecule has 39 heavy (non-hydrogen) atoms. The molecule has 0 saturated carbocycles. The molecule has 4 heterocycles. The Morgan fingerprint density at radius 1 is 1.08 bits per heavy atom. The fraction of sp³-hybridized carbons (Fsp3) is 0.536. The number of ether oxygens (including phenoxy) is 2. The van der Waals surface area contributed by atoms with Crippen LogP contribution in [0.3, 0.4) is 0 Å². The van der Waals surface area contributed by atoms with Gasteiger partial charge >= 0.3 is 0 Å². The van der Waals surface area contributed by atoms with E-state index in [2.05, 4.69) is 41.3 Å². The maximum Gasteiger partial charge on any atom is 0.223 e. The number of rotatable bonds is 12. The number of anilines is 2. The summed E-state index contributed by atoms with van der Waals surface area (Å²) < 4.78 is 13.0. The number of nitrogens with one attached hydrogen (secondary N) is 2. The maximum atomic E-state index is 12.7. The summed E-state index contributed by atoms with van der Waals surface area (Å²) >= 11 is 1.59. The Bertz CT molecular complexity index is 1170. The van der Waals surface area contributed by atoms with Gasteiger partial charge in [0, 0.05) is 56.2 Å². The van der Waals surface area contributed by atoms with Gasteiger partial charge in [0.2, 0.25) is 16.2 Å². The van der Waals surface area contributed by atoms with Crippen molar-refractivity contribution in [1.29, 1.82) is 0 Å². The molecule has 5 rings (SSSR count). The zero-order valence-corrected chi connectivity index (χ0v) is 23.5. The van der Waals surface area contributed by atoms with Gasteiger partial charge in [-0.2, -0.15) is 0 Å². The van der Waals surface area contributed by atoms with Gasteiger partial charge in [0.15, 0.2) is 0 Å². The molecule has 3 aromatic rings. The van der Waals surface area contributed by atoms with E-state index in [-0.39, 0.29) is 11.8 Å². The van der Waals surface area contributed by atoms with E-state index < -0.39 is 0 Å². The van der Waals surface area contributed by atoms with Gasteiger partial charge in [-0.3, -0.25) is 14.3 Å². The van der Waals surface area contributed by atoms with Gasteiger partial charge < -0.3 is 25.0 Å². The molecule has 0 spiro atoms. The highest BCUT2D eigenvalue weighted by molar-refractivity contribution is 7.17. The molecule has 1 aromatic carbocycles. The van der Waals surface area contributed by atoms with Crippen LogP contribution in [-0.2, 0) is 16.1 Å². The molecule has 0 bridgehead atoms. The fourth-order valence-electron chi connectivity index (χ4n) is 5.02. The lowest BCUT2D eigenvalue weighted by Crippen LogP contribution is -2.42. The summed E-state index contributed by atoms with van der Waals surface area (Å²) in [5.41, 5.74) is 2.14. The summed E-state index contributed by atoms with van der Waals surface area (Å²) in [5.74, 6) is 1.13. The molecule has 2 N–H and O–H groups in total. The van der Waals surface area contributed by atoms with Crippen molar-refractivity contribution in [2.75, 3.05) is 69.3 Å². The molecule has 0 unspecified atom stereocenters. The number of nitrogens with zero attached hydrogens (tertiary/aromatic N) is 5. The minimum atomic E-state index is 0.0711. The van der Waals surface area contributed by atoms with E-state index in [1.807, 2.05) is 43.5 Å². The molecular formula is C28H39N7O3S. The van der Waals surface area contributed by atoms with Gasteiger partial charge in [-0.25, -0.2) is 0 Å². The van der Waals surface area contributed by atoms with Crippen LogP contribution in [0.15, 0.2) is 42.6 Å². The first kappa shape index (κ1) is 27.4. The van der Waals surface area contributed by atoms with Crippen molar-refractivity contribution >= 4 is 28.1 Å². The molecule has 1 amide bonds. The van der Waals surface area contributed by atoms with Crippen LogP contribution in [0.25, 0.3) is 5.13 Å². The lowest BCUT2D eigenvalue weighted by molar-refractivity contribution is -0.125. The number of amides is 1. The molecule has 0 radical (unpaired) electrons. The molecule has 2 saturated heterocycles. The first-order chi connectivity index (χ1) is 19.2. The topological polar surface area (TPSA) is 96.8 Å². The third-order valence-electron chi connectivity index (χ3n) is 7.27. The molecule has 2 aromatic heterocycles. The number of hydrogen-bond donors (Lipinski definition) is 2. The Kier molecular flexibility index (Phi) is 9.68. The molecule has 10 nitrogen and oxygen atoms in total. The van der Waals surface area contributed by atoms with Crippen molar-refractivity contribution in [3.8, 4) is 10.9 Å². The van der Waals surface area contributed by atoms with Crippen molar-refractivity contribution in [3.63, 3.8) is 0 Å². The van der Waals surface area contributed by atoms with Crippen molar-refractivity contribution in [1.82, 2.24) is 25.0 Å². The summed E-state index contributed by atoms with van der Waals surface area (Å²) in [4.78, 5) is 17.4. The molecule has 0 aliphatic carbocycles. The minimum absolute atomic E-state index is 0.0711. The number of hydrogen-bond acceptors (Lipinski definition) is 9. The van der Waals surface area contributed by atoms with Crippen molar-refractivity contribution in [3.05, 3.63) is 48.3 Å². The zero-order valence-electron chi connectivity index (χ0n) is 22.7. The predicted molar refractivity (Wildman–Crippen MR) is 154 cm³/mol. The first-order valence-electron chi connectivity index (χ1n) is 14.0. The smallest absolute Gasteiger partial charge is 0.223 e. The largest absolute Gasteiger partial charge is 0.494 e. The Labute approximate surface area is 234 Å². The van der Waals surface area contributed by atoms with E-state index in [1.165, 1.54) is 0 Å². The van der Waals surface area contributed by atoms with Crippen LogP contribution >= 0.6 is 11.3 Å². The summed E-state index contributed by atoms with van der Waals surface area (Å²) in [5, 5.41) is 17.3. The summed E-state index contributed by atoms with van der Waals surface area (Å²) in [6, 6.07) is 12.1. The van der Waals surface area contributed by atoms with Crippen molar-refractivity contribution < 1.29 is 14.3 Å². The number of morpholine rings is 1. The van der Waals surface area contributed by atoms with Crippen LogP contribution in [0.4, 0.5) is 10.8 Å². The van der Waals surface area contributed by atoms with Crippen molar-refractivity contribution in [2.24, 2.45) is 5.92 Å². The van der Waals surface area contributed by atoms with Gasteiger partial charge in [0.25, 0.3) is 0 Å². The van der Waals surface area contributed by atoms with E-state index in [0.717, 1.165) is 99.1 Å². The van der Waals surface area contributed by atoms with Gasteiger partial charge in [-0.15, -0.1) is 10.2 Å². The number of piperidine rings is 1. The van der Waals surface area contributed by atoms with Crippen LogP contribution in [0, 0.1) is 5.92 Å². The second-order valence-electron chi connectivity index (χ2n) is 9.91. The highest BCUT2D eigenvalue weighted by atomic mass is 32.1. The normalized spacial score (nSPS) is 16.8. The average molecular weight is 554 g/mol. The van der Waals surface area contributed by atoms with E-state index in [0.29, 0.717) is 13.2 Å². The Morgan fingerprint density at radius 3 is 2.62 bits per heavy atom. The van der Waals surface area contributed by atoms with Gasteiger partial charge in [0.1, 0.15) is 5.75 Å². The zero-order chi connectivity index (χ0) is 26.9. The van der Waals surface area contributed by atoms with E-state index >= 15 is 0 Å². The van der Waals surface area contributed by atoms with Crippen LogP contribution in [0.2, 0.25) is 0 Å². The monoisotopic (exact) mass is 553 g/mol. The molecular weight excluding hydrogens is 514 g/mol. The second-order valence-corrected chi connectivity index (χ2v) is 10.8. The number of carbonyl (C=O) groups excluding carboxylic acids is 1. The fourth-order valence-corrected chi connectivity index (χ4v) is 5.94. The van der Waals surface area contributed by atoms with E-state index in [9.17, 15) is 4.79 Å². The molecule has 0 atom stereocenters. The van der Waals surface area contributed by atoms with Gasteiger partial charge in [-0.05, 0) is 69.1 Å². The van der Waals surface area contributed by atoms with E-state index in [1.54, 1.807) is 11.3 Å². The lowest BCUT2D eigenvalue weighted by atomic mass is 9.96. The van der Waals surface area contributed by atoms with Crippen LogP contribution < -0.4 is 20.3 Å². The lowest BCUT2D eigenvalue weighted by Gasteiger charge is -2.30. The standard InChI is InChI=1S/C28H39N7O3S/c1-2-38-25-8-6-23(7-9-25)30-21-24-5-3-14-35(24)28-32-31-27(39-28)34-15-10-22(11-16-34)26(36)29-12-4-13-33-17-19-37-20-18-33/h3,5-9,14,22,30H,2,4,10-13,15-21H2,1H3,(H,29,36). The molecule has 210 valence electrons. The van der Waals surface area contributed by atoms with Crippen LogP contribution in [0.1, 0.15) is 31.9 Å². The average Bonchev–Trinajstić information content (AvgIpc) is 3.66. The van der Waals surface area contributed by atoms with Crippen LogP contribution in [0.5, 0.6) is 5.75 Å². The highest BCUT2D eigenvalue weighted by Crippen LogP contribution is 2.29. The third-order valence-corrected chi connectivity index (χ3v) is 8.26. The molecule has 2 aliphatic rings. The first-order valence-corrected chi connectivity index (χ1v) is 14.8. The Balaban J connectivity index is 1.07. The second kappa shape index (κ2) is 13.8. The van der Waals surface area contributed by atoms with Crippen LogP contribution in [-0.4, -0.2) is 84.7 Å². The minimum Gasteiger partial charge on any atom is -0.494 e. The highest BCUT2D eigenvalue weighted by Gasteiger charge is 2.27. The molecule has 11 heteroatoms. The number of carbonyl (C=O) groups is 1. The SMILES string of the molecule is CCOc1ccc(NCc2cccn2-c2nnc(N3CCC(C(=O)NCCCN4CCOCC4)CC3)s2)cc1. The van der Waals surface area contributed by atoms with Gasteiger partial charge in [-0.1, -0.05) is 11.3 Å². The Hall–Kier alpha value is -3.15. The predicted octanol–water partition coefficient (Wildman–Crippen LogP) is 3.39. The summed E-state index contributed by atoms with van der Waals surface area (Å²) in [6.07, 6.45) is 4.68.